The minimum absolute atomic E-state index is 0.0465. The van der Waals surface area contributed by atoms with E-state index in [9.17, 15) is 17.6 Å². The van der Waals surface area contributed by atoms with Crippen LogP contribution in [0.4, 0.5) is 17.6 Å². The zero-order valence-corrected chi connectivity index (χ0v) is 17.0. The van der Waals surface area contributed by atoms with Gasteiger partial charge in [0.15, 0.2) is 5.75 Å². The lowest BCUT2D eigenvalue weighted by Gasteiger charge is -2.15. The largest absolute Gasteiger partial charge is 0.417 e. The van der Waals surface area contributed by atoms with Crippen LogP contribution in [0.3, 0.4) is 0 Å². The van der Waals surface area contributed by atoms with Gasteiger partial charge in [-0.25, -0.2) is 4.39 Å². The average molecular weight is 473 g/mol. The molecule has 3 aromatic carbocycles. The number of rotatable bonds is 4. The predicted molar refractivity (Wildman–Crippen MR) is 107 cm³/mol. The molecule has 3 aromatic rings. The molecule has 0 aliphatic carbocycles. The molecule has 0 unspecified atom stereocenters. The molecule has 0 aliphatic heterocycles. The molecule has 0 saturated carbocycles. The second-order valence-electron chi connectivity index (χ2n) is 5.77. The van der Waals surface area contributed by atoms with E-state index < -0.39 is 28.1 Å². The lowest BCUT2D eigenvalue weighted by molar-refractivity contribution is -0.137. The summed E-state index contributed by atoms with van der Waals surface area (Å²) in [5.74, 6) is -0.288. The van der Waals surface area contributed by atoms with Crippen LogP contribution in [0.1, 0.15) is 16.7 Å². The molecule has 5 nitrogen and oxygen atoms in total. The Morgan fingerprint density at radius 3 is 2.10 bits per heavy atom. The van der Waals surface area contributed by atoms with Gasteiger partial charge in [0, 0.05) is 16.1 Å². The van der Waals surface area contributed by atoms with Crippen molar-refractivity contribution in [2.45, 2.75) is 6.18 Å². The zero-order chi connectivity index (χ0) is 23.0. The van der Waals surface area contributed by atoms with Crippen LogP contribution in [-0.4, -0.2) is 14.1 Å². The van der Waals surface area contributed by atoms with E-state index in [0.29, 0.717) is 5.56 Å². The van der Waals surface area contributed by atoms with Crippen LogP contribution in [0.5, 0.6) is 5.75 Å². The first-order valence-corrected chi connectivity index (χ1v) is 9.77. The molecule has 11 heteroatoms. The SMILES string of the molecule is Fc1ccc(O/N=C(\c2ccccc2)c2cc(Cl)ccc2C(F)(F)F)cc1.N=S(=O)=O. The Kier molecular flexibility index (Phi) is 8.29. The maximum Gasteiger partial charge on any atom is 0.417 e. The Morgan fingerprint density at radius 1 is 0.968 bits per heavy atom. The second-order valence-corrected chi connectivity index (χ2v) is 6.68. The molecule has 3 rings (SSSR count). The maximum absolute atomic E-state index is 13.5. The van der Waals surface area contributed by atoms with Crippen LogP contribution in [0.2, 0.25) is 5.02 Å². The van der Waals surface area contributed by atoms with Gasteiger partial charge in [0.1, 0.15) is 11.5 Å². The van der Waals surface area contributed by atoms with Crippen molar-refractivity contribution in [2.24, 2.45) is 5.16 Å². The zero-order valence-electron chi connectivity index (χ0n) is 15.4. The van der Waals surface area contributed by atoms with E-state index in [0.717, 1.165) is 24.3 Å². The van der Waals surface area contributed by atoms with E-state index in [-0.39, 0.29) is 22.0 Å². The van der Waals surface area contributed by atoms with Gasteiger partial charge >= 0.3 is 16.7 Å². The van der Waals surface area contributed by atoms with Gasteiger partial charge in [-0.05, 0) is 42.5 Å². The van der Waals surface area contributed by atoms with E-state index in [2.05, 4.69) is 5.16 Å². The van der Waals surface area contributed by atoms with Gasteiger partial charge in [-0.3, -0.25) is 0 Å². The van der Waals surface area contributed by atoms with Gasteiger partial charge in [-0.1, -0.05) is 47.1 Å². The van der Waals surface area contributed by atoms with Crippen LogP contribution in [0.25, 0.3) is 0 Å². The van der Waals surface area contributed by atoms with Gasteiger partial charge in [0.05, 0.1) is 5.56 Å². The third-order valence-electron chi connectivity index (χ3n) is 3.65. The number of alkyl halides is 3. The van der Waals surface area contributed by atoms with Crippen LogP contribution >= 0.6 is 11.6 Å². The van der Waals surface area contributed by atoms with Gasteiger partial charge in [0.25, 0.3) is 0 Å². The predicted octanol–water partition coefficient (Wildman–Crippen LogP) is 5.96. The average Bonchev–Trinajstić information content (AvgIpc) is 2.69. The number of oxime groups is 1. The van der Waals surface area contributed by atoms with Crippen molar-refractivity contribution in [2.75, 3.05) is 0 Å². The highest BCUT2D eigenvalue weighted by Crippen LogP contribution is 2.34. The highest BCUT2D eigenvalue weighted by Gasteiger charge is 2.35. The lowest BCUT2D eigenvalue weighted by atomic mass is 9.97. The van der Waals surface area contributed by atoms with Crippen molar-refractivity contribution < 1.29 is 30.8 Å². The van der Waals surface area contributed by atoms with Crippen LogP contribution < -0.4 is 4.84 Å². The number of benzene rings is 3. The number of hydrogen-bond donors (Lipinski definition) is 1. The van der Waals surface area contributed by atoms with Crippen LogP contribution in [0.15, 0.2) is 78.0 Å². The Morgan fingerprint density at radius 2 is 1.55 bits per heavy atom. The molecular formula is C20H13ClF4N2O3S. The molecule has 0 fully saturated rings. The highest BCUT2D eigenvalue weighted by atomic mass is 35.5. The molecule has 0 saturated heterocycles. The minimum Gasteiger partial charge on any atom is -0.356 e. The number of nitrogens with zero attached hydrogens (tertiary/aromatic N) is 1. The maximum atomic E-state index is 13.5. The minimum atomic E-state index is -4.61. The third kappa shape index (κ3) is 7.50. The van der Waals surface area contributed by atoms with Crippen molar-refractivity contribution in [1.82, 2.24) is 0 Å². The fourth-order valence-electron chi connectivity index (χ4n) is 2.41. The van der Waals surface area contributed by atoms with Gasteiger partial charge in [-0.2, -0.15) is 26.4 Å². The molecule has 0 heterocycles. The Balaban J connectivity index is 0.000000785. The highest BCUT2D eigenvalue weighted by molar-refractivity contribution is 7.60. The molecule has 0 radical (unpaired) electrons. The van der Waals surface area contributed by atoms with E-state index in [1.165, 1.54) is 18.2 Å². The smallest absolute Gasteiger partial charge is 0.356 e. The third-order valence-corrected chi connectivity index (χ3v) is 3.88. The fourth-order valence-corrected chi connectivity index (χ4v) is 2.58. The summed E-state index contributed by atoms with van der Waals surface area (Å²) < 4.78 is 76.3. The summed E-state index contributed by atoms with van der Waals surface area (Å²) in [6, 6.07) is 16.5. The summed E-state index contributed by atoms with van der Waals surface area (Å²) >= 11 is 5.93. The molecule has 0 aromatic heterocycles. The normalized spacial score (nSPS) is 11.3. The van der Waals surface area contributed by atoms with Gasteiger partial charge in [0.2, 0.25) is 0 Å². The van der Waals surface area contributed by atoms with Crippen molar-refractivity contribution >= 4 is 27.8 Å². The van der Waals surface area contributed by atoms with E-state index in [4.69, 9.17) is 29.6 Å². The molecule has 0 atom stereocenters. The van der Waals surface area contributed by atoms with E-state index >= 15 is 0 Å². The second kappa shape index (κ2) is 10.7. The summed E-state index contributed by atoms with van der Waals surface area (Å²) in [6.45, 7) is 0. The molecule has 1 N–H and O–H groups in total. The molecule has 0 aliphatic rings. The Bertz CT molecular complexity index is 1160. The monoisotopic (exact) mass is 472 g/mol. The molecular weight excluding hydrogens is 460 g/mol. The lowest BCUT2D eigenvalue weighted by Crippen LogP contribution is -2.15. The number of halogens is 5. The van der Waals surface area contributed by atoms with Crippen molar-refractivity contribution in [3.05, 3.63) is 100 Å². The van der Waals surface area contributed by atoms with Crippen molar-refractivity contribution in [3.8, 4) is 5.75 Å². The molecule has 162 valence electrons. The Labute approximate surface area is 181 Å². The topological polar surface area (TPSA) is 79.6 Å². The first kappa shape index (κ1) is 24.0. The van der Waals surface area contributed by atoms with Crippen LogP contribution in [-0.2, 0) is 16.7 Å². The van der Waals surface area contributed by atoms with E-state index in [1.54, 1.807) is 30.3 Å². The molecule has 0 spiro atoms. The standard InChI is InChI=1S/C20H12ClF4NO.HNO2S/c21-14-6-11-18(20(23,24)25)17(12-14)19(13-4-2-1-3-5-13)26-27-16-9-7-15(22)8-10-16;1-4(2)3/h1-12H;1H/b26-19+;. The van der Waals surface area contributed by atoms with Crippen molar-refractivity contribution in [1.29, 1.82) is 4.78 Å². The fraction of sp³-hybridized carbons (Fsp3) is 0.0500. The van der Waals surface area contributed by atoms with E-state index in [1.807, 2.05) is 0 Å². The molecule has 0 bridgehead atoms. The van der Waals surface area contributed by atoms with Gasteiger partial charge in [-0.15, -0.1) is 0 Å². The summed E-state index contributed by atoms with van der Waals surface area (Å²) in [5.41, 5.74) is -0.748. The molecule has 0 amide bonds. The Hall–Kier alpha value is -3.24. The summed E-state index contributed by atoms with van der Waals surface area (Å²) in [4.78, 5) is 5.25. The van der Waals surface area contributed by atoms with Crippen molar-refractivity contribution in [3.63, 3.8) is 0 Å². The number of hydrogen-bond acceptors (Lipinski definition) is 5. The van der Waals surface area contributed by atoms with Crippen LogP contribution in [0, 0.1) is 10.6 Å². The quantitative estimate of drug-likeness (QED) is 0.289. The summed E-state index contributed by atoms with van der Waals surface area (Å²) in [6.07, 6.45) is -4.61. The first-order valence-electron chi connectivity index (χ1n) is 8.31. The number of nitrogens with one attached hydrogen (secondary N) is 1. The summed E-state index contributed by atoms with van der Waals surface area (Å²) in [5, 5.41) is 4.04. The van der Waals surface area contributed by atoms with Gasteiger partial charge < -0.3 is 4.84 Å². The first-order chi connectivity index (χ1) is 14.6. The summed E-state index contributed by atoms with van der Waals surface area (Å²) in [7, 11) is -2.61. The molecule has 31 heavy (non-hydrogen) atoms.